The number of hydrogen-bond donors (Lipinski definition) is 0. The molecule has 0 radical (unpaired) electrons. The van der Waals surface area contributed by atoms with E-state index >= 15 is 0 Å². The van der Waals surface area contributed by atoms with Gasteiger partial charge in [0.15, 0.2) is 5.16 Å². The zero-order chi connectivity index (χ0) is 28.1. The monoisotopic (exact) mass is 552 g/mol. The summed E-state index contributed by atoms with van der Waals surface area (Å²) in [6.45, 7) is 6.71. The van der Waals surface area contributed by atoms with Crippen LogP contribution in [0.25, 0.3) is 0 Å². The Morgan fingerprint density at radius 3 is 1.93 bits per heavy atom. The molecule has 0 bridgehead atoms. The Kier molecular flexibility index (Phi) is 8.82. The number of aryl methyl sites for hydroxylation is 1. The van der Waals surface area contributed by atoms with Crippen LogP contribution in [0.5, 0.6) is 0 Å². The van der Waals surface area contributed by atoms with Gasteiger partial charge in [-0.25, -0.2) is 4.98 Å². The fraction of sp³-hybridized carbons (Fsp3) is 0.303. The second kappa shape index (κ2) is 12.7. The van der Waals surface area contributed by atoms with Crippen LogP contribution < -0.4 is 5.56 Å². The summed E-state index contributed by atoms with van der Waals surface area (Å²) in [5.41, 5.74) is 4.95. The molecule has 6 nitrogen and oxygen atoms in total. The lowest BCUT2D eigenvalue weighted by Crippen LogP contribution is -2.51. The van der Waals surface area contributed by atoms with Crippen molar-refractivity contribution < 1.29 is 4.79 Å². The normalized spacial score (nSPS) is 14.8. The van der Waals surface area contributed by atoms with E-state index in [0.717, 1.165) is 24.3 Å². The van der Waals surface area contributed by atoms with E-state index in [0.29, 0.717) is 30.2 Å². The maximum atomic E-state index is 13.5. The summed E-state index contributed by atoms with van der Waals surface area (Å²) in [6.07, 6.45) is 0.545. The molecule has 1 aromatic heterocycles. The van der Waals surface area contributed by atoms with Gasteiger partial charge in [0.05, 0.1) is 11.3 Å². The van der Waals surface area contributed by atoms with Gasteiger partial charge in [-0.05, 0) is 30.5 Å². The fourth-order valence-electron chi connectivity index (χ4n) is 5.39. The fourth-order valence-corrected chi connectivity index (χ4v) is 6.39. The van der Waals surface area contributed by atoms with Gasteiger partial charge >= 0.3 is 0 Å². The lowest BCUT2D eigenvalue weighted by Gasteiger charge is -2.40. The number of thioether (sulfide) groups is 1. The van der Waals surface area contributed by atoms with Crippen molar-refractivity contribution in [3.8, 4) is 0 Å². The highest BCUT2D eigenvalue weighted by Gasteiger charge is 2.30. The SMILES string of the molecule is Cc1nc(SC(C)C(=O)N2CCN(C(c3ccccc3)c3ccccc3)CC2)n(C)c(=O)c1Cc1ccccc1. The molecular weight excluding hydrogens is 516 g/mol. The molecule has 1 fully saturated rings. The zero-order valence-electron chi connectivity index (χ0n) is 23.4. The molecule has 1 unspecified atom stereocenters. The van der Waals surface area contributed by atoms with Crippen LogP contribution in [-0.2, 0) is 18.3 Å². The summed E-state index contributed by atoms with van der Waals surface area (Å²) >= 11 is 1.36. The van der Waals surface area contributed by atoms with Gasteiger partial charge in [-0.2, -0.15) is 0 Å². The van der Waals surface area contributed by atoms with Gasteiger partial charge in [0.25, 0.3) is 5.56 Å². The molecule has 1 saturated heterocycles. The van der Waals surface area contributed by atoms with Gasteiger partial charge in [0.1, 0.15) is 0 Å². The smallest absolute Gasteiger partial charge is 0.257 e. The van der Waals surface area contributed by atoms with Crippen LogP contribution in [0.15, 0.2) is 101 Å². The van der Waals surface area contributed by atoms with Gasteiger partial charge in [-0.15, -0.1) is 0 Å². The molecule has 3 aromatic carbocycles. The van der Waals surface area contributed by atoms with E-state index in [1.165, 1.54) is 22.9 Å². The van der Waals surface area contributed by atoms with Crippen LogP contribution in [-0.4, -0.2) is 56.7 Å². The predicted octanol–water partition coefficient (Wildman–Crippen LogP) is 5.09. The topological polar surface area (TPSA) is 58.4 Å². The number of aromatic nitrogens is 2. The summed E-state index contributed by atoms with van der Waals surface area (Å²) in [5, 5.41) is 0.232. The van der Waals surface area contributed by atoms with Crippen molar-refractivity contribution in [2.45, 2.75) is 36.7 Å². The third-order valence-electron chi connectivity index (χ3n) is 7.63. The molecular formula is C33H36N4O2S. The molecule has 40 heavy (non-hydrogen) atoms. The van der Waals surface area contributed by atoms with Crippen molar-refractivity contribution in [1.29, 1.82) is 0 Å². The van der Waals surface area contributed by atoms with E-state index in [-0.39, 0.29) is 22.8 Å². The summed E-state index contributed by atoms with van der Waals surface area (Å²) in [5.74, 6) is 0.0842. The molecule has 4 aromatic rings. The minimum atomic E-state index is -0.344. The summed E-state index contributed by atoms with van der Waals surface area (Å²) in [4.78, 5) is 35.9. The number of nitrogens with zero attached hydrogens (tertiary/aromatic N) is 4. The molecule has 206 valence electrons. The molecule has 7 heteroatoms. The maximum absolute atomic E-state index is 13.5. The maximum Gasteiger partial charge on any atom is 0.257 e. The van der Waals surface area contributed by atoms with E-state index in [9.17, 15) is 9.59 Å². The van der Waals surface area contributed by atoms with Crippen molar-refractivity contribution in [1.82, 2.24) is 19.4 Å². The highest BCUT2D eigenvalue weighted by molar-refractivity contribution is 8.00. The van der Waals surface area contributed by atoms with Gasteiger partial charge < -0.3 is 4.90 Å². The first kappa shape index (κ1) is 27.9. The first-order valence-corrected chi connectivity index (χ1v) is 14.7. The van der Waals surface area contributed by atoms with Crippen LogP contribution in [0, 0.1) is 6.92 Å². The Balaban J connectivity index is 1.25. The van der Waals surface area contributed by atoms with E-state index in [1.54, 1.807) is 11.6 Å². The van der Waals surface area contributed by atoms with Crippen molar-refractivity contribution in [3.63, 3.8) is 0 Å². The number of benzene rings is 3. The van der Waals surface area contributed by atoms with Crippen molar-refractivity contribution in [3.05, 3.63) is 129 Å². The number of rotatable bonds is 8. The summed E-state index contributed by atoms with van der Waals surface area (Å²) in [7, 11) is 1.74. The molecule has 1 aliphatic heterocycles. The highest BCUT2D eigenvalue weighted by Crippen LogP contribution is 2.30. The molecule has 0 saturated carbocycles. The minimum Gasteiger partial charge on any atom is -0.339 e. The Bertz CT molecular complexity index is 1440. The molecule has 2 heterocycles. The van der Waals surface area contributed by atoms with Crippen molar-refractivity contribution in [2.24, 2.45) is 7.05 Å². The van der Waals surface area contributed by atoms with Crippen LogP contribution >= 0.6 is 11.8 Å². The Labute approximate surface area is 240 Å². The Morgan fingerprint density at radius 1 is 0.850 bits per heavy atom. The lowest BCUT2D eigenvalue weighted by molar-refractivity contribution is -0.132. The first-order valence-electron chi connectivity index (χ1n) is 13.8. The van der Waals surface area contributed by atoms with Crippen molar-refractivity contribution >= 4 is 17.7 Å². The molecule has 0 spiro atoms. The Hall–Kier alpha value is -3.68. The number of hydrogen-bond acceptors (Lipinski definition) is 5. The van der Waals surface area contributed by atoms with Crippen LogP contribution in [0.2, 0.25) is 0 Å². The third kappa shape index (κ3) is 6.21. The van der Waals surface area contributed by atoms with Crippen LogP contribution in [0.4, 0.5) is 0 Å². The predicted molar refractivity (Wildman–Crippen MR) is 162 cm³/mol. The van der Waals surface area contributed by atoms with Gasteiger partial charge in [0, 0.05) is 50.9 Å². The summed E-state index contributed by atoms with van der Waals surface area (Å²) in [6, 6.07) is 31.3. The largest absolute Gasteiger partial charge is 0.339 e. The van der Waals surface area contributed by atoms with Gasteiger partial charge in [-0.1, -0.05) is 103 Å². The quantitative estimate of drug-likeness (QED) is 0.225. The van der Waals surface area contributed by atoms with Crippen LogP contribution in [0.1, 0.15) is 40.9 Å². The number of carbonyl (C=O) groups excluding carboxylic acids is 1. The molecule has 1 amide bonds. The van der Waals surface area contributed by atoms with E-state index in [2.05, 4.69) is 53.4 Å². The third-order valence-corrected chi connectivity index (χ3v) is 8.76. The van der Waals surface area contributed by atoms with E-state index in [1.807, 2.05) is 61.2 Å². The number of piperazine rings is 1. The second-order valence-electron chi connectivity index (χ2n) is 10.3. The van der Waals surface area contributed by atoms with E-state index in [4.69, 9.17) is 4.98 Å². The van der Waals surface area contributed by atoms with Gasteiger partial charge in [-0.3, -0.25) is 19.1 Å². The molecule has 1 aliphatic rings. The molecule has 0 N–H and O–H groups in total. The molecule has 5 rings (SSSR count). The average Bonchev–Trinajstić information content (AvgIpc) is 3.00. The van der Waals surface area contributed by atoms with Crippen molar-refractivity contribution in [2.75, 3.05) is 26.2 Å². The van der Waals surface area contributed by atoms with Gasteiger partial charge in [0.2, 0.25) is 5.91 Å². The molecule has 0 aliphatic carbocycles. The second-order valence-corrected chi connectivity index (χ2v) is 11.6. The highest BCUT2D eigenvalue weighted by atomic mass is 32.2. The minimum absolute atomic E-state index is 0.0556. The summed E-state index contributed by atoms with van der Waals surface area (Å²) < 4.78 is 1.59. The molecule has 1 atom stereocenters. The standard InChI is InChI=1S/C33H36N4O2S/c1-24-29(23-26-13-7-4-8-14-26)32(39)35(3)33(34-24)40-25(2)31(38)37-21-19-36(20-22-37)30(27-15-9-5-10-16-27)28-17-11-6-12-18-28/h4-18,25,30H,19-23H2,1-3H3. The number of amides is 1. The first-order chi connectivity index (χ1) is 19.4. The van der Waals surface area contributed by atoms with E-state index < -0.39 is 0 Å². The van der Waals surface area contributed by atoms with Crippen LogP contribution in [0.3, 0.4) is 0 Å². The Morgan fingerprint density at radius 2 is 1.38 bits per heavy atom. The zero-order valence-corrected chi connectivity index (χ0v) is 24.2. The number of carbonyl (C=O) groups is 1. The lowest BCUT2D eigenvalue weighted by atomic mass is 9.96. The average molecular weight is 553 g/mol.